The van der Waals surface area contributed by atoms with Crippen molar-refractivity contribution in [2.75, 3.05) is 4.90 Å². The zero-order valence-electron chi connectivity index (χ0n) is 24.2. The Morgan fingerprint density at radius 3 is 1.84 bits per heavy atom. The first-order valence-corrected chi connectivity index (χ1v) is 15.9. The minimum Gasteiger partial charge on any atom is -0.435 e. The lowest BCUT2D eigenvalue weighted by Gasteiger charge is -2.27. The predicted molar refractivity (Wildman–Crippen MR) is 190 cm³/mol. The molecule has 2 heterocycles. The summed E-state index contributed by atoms with van der Waals surface area (Å²) >= 11 is 1.84. The number of benzene rings is 7. The highest BCUT2D eigenvalue weighted by atomic mass is 32.1. The number of fused-ring (bicyclic) bond motifs is 6. The van der Waals surface area contributed by atoms with Crippen LogP contribution in [0.1, 0.15) is 0 Å². The smallest absolute Gasteiger partial charge is 0.227 e. The Balaban J connectivity index is 1.29. The number of hydrogen-bond acceptors (Lipinski definition) is 4. The first kappa shape index (κ1) is 25.8. The summed E-state index contributed by atoms with van der Waals surface area (Å²) in [6, 6.07) is 55.6. The summed E-state index contributed by atoms with van der Waals surface area (Å²) in [6.45, 7) is 0. The molecule has 0 spiro atoms. The van der Waals surface area contributed by atoms with Crippen molar-refractivity contribution < 1.29 is 4.42 Å². The Morgan fingerprint density at radius 2 is 1.07 bits per heavy atom. The number of oxazole rings is 1. The fraction of sp³-hybridized carbons (Fsp3) is 0. The summed E-state index contributed by atoms with van der Waals surface area (Å²) in [4.78, 5) is 7.37. The van der Waals surface area contributed by atoms with Crippen LogP contribution in [0.2, 0.25) is 0 Å². The van der Waals surface area contributed by atoms with Crippen LogP contribution in [0.25, 0.3) is 64.6 Å². The van der Waals surface area contributed by atoms with Gasteiger partial charge in [-0.3, -0.25) is 0 Å². The van der Waals surface area contributed by atoms with Crippen molar-refractivity contribution in [2.24, 2.45) is 0 Å². The summed E-state index contributed by atoms with van der Waals surface area (Å²) in [7, 11) is 0. The second kappa shape index (κ2) is 10.5. The minimum atomic E-state index is 0.623. The van der Waals surface area contributed by atoms with E-state index in [0.717, 1.165) is 44.5 Å². The van der Waals surface area contributed by atoms with E-state index in [1.807, 2.05) is 41.7 Å². The highest BCUT2D eigenvalue weighted by Gasteiger charge is 2.21. The third kappa shape index (κ3) is 4.38. The van der Waals surface area contributed by atoms with Gasteiger partial charge in [-0.25, -0.2) is 4.98 Å². The van der Waals surface area contributed by atoms with Crippen LogP contribution in [-0.4, -0.2) is 4.98 Å². The second-order valence-electron chi connectivity index (χ2n) is 11.2. The summed E-state index contributed by atoms with van der Waals surface area (Å²) in [5.74, 6) is 0.623. The minimum absolute atomic E-state index is 0.623. The molecule has 4 heteroatoms. The number of nitrogens with zero attached hydrogens (tertiary/aromatic N) is 2. The number of hydrogen-bond donors (Lipinski definition) is 0. The molecule has 9 rings (SSSR count). The quantitative estimate of drug-likeness (QED) is 0.198. The molecular formula is C41H26N2OS. The summed E-state index contributed by atoms with van der Waals surface area (Å²) in [5.41, 5.74) is 8.19. The van der Waals surface area contributed by atoms with Gasteiger partial charge < -0.3 is 9.32 Å². The summed E-state index contributed by atoms with van der Waals surface area (Å²) in [6.07, 6.45) is 0. The van der Waals surface area contributed by atoms with Crippen molar-refractivity contribution >= 4 is 70.4 Å². The van der Waals surface area contributed by atoms with Gasteiger partial charge in [0.1, 0.15) is 5.52 Å². The number of anilines is 3. The normalized spacial score (nSPS) is 11.6. The fourth-order valence-corrected chi connectivity index (χ4v) is 7.42. The van der Waals surface area contributed by atoms with E-state index in [0.29, 0.717) is 5.89 Å². The lowest BCUT2D eigenvalue weighted by Crippen LogP contribution is -2.10. The average molecular weight is 595 g/mol. The molecule has 0 amide bonds. The molecule has 212 valence electrons. The van der Waals surface area contributed by atoms with Gasteiger partial charge in [-0.05, 0) is 65.7 Å². The fourth-order valence-electron chi connectivity index (χ4n) is 6.34. The van der Waals surface area contributed by atoms with Gasteiger partial charge in [0.25, 0.3) is 0 Å². The third-order valence-electron chi connectivity index (χ3n) is 8.49. The van der Waals surface area contributed by atoms with Crippen molar-refractivity contribution in [2.45, 2.75) is 0 Å². The SMILES string of the molecule is c1ccc(-c2ccc(N(c3ccc4sc5ccccc5c4c3)c3cc4nc(-c5ccccc5)oc4c4ccccc34)cc2)cc1. The highest BCUT2D eigenvalue weighted by molar-refractivity contribution is 7.25. The van der Waals surface area contributed by atoms with Gasteiger partial charge in [0.15, 0.2) is 5.58 Å². The molecule has 0 bridgehead atoms. The van der Waals surface area contributed by atoms with Crippen LogP contribution in [0.3, 0.4) is 0 Å². The van der Waals surface area contributed by atoms with E-state index < -0.39 is 0 Å². The van der Waals surface area contributed by atoms with Gasteiger partial charge in [0.05, 0.1) is 5.69 Å². The van der Waals surface area contributed by atoms with E-state index in [9.17, 15) is 0 Å². The van der Waals surface area contributed by atoms with Gasteiger partial charge in [-0.2, -0.15) is 0 Å². The van der Waals surface area contributed by atoms with Gasteiger partial charge in [0.2, 0.25) is 5.89 Å². The van der Waals surface area contributed by atoms with Crippen LogP contribution in [0, 0.1) is 0 Å². The average Bonchev–Trinajstić information content (AvgIpc) is 3.71. The van der Waals surface area contributed by atoms with Gasteiger partial charge in [0, 0.05) is 47.9 Å². The number of thiophene rings is 1. The Hall–Kier alpha value is -5.71. The molecule has 0 radical (unpaired) electrons. The van der Waals surface area contributed by atoms with E-state index in [2.05, 4.69) is 132 Å². The monoisotopic (exact) mass is 594 g/mol. The molecule has 2 aromatic heterocycles. The number of rotatable bonds is 5. The Bertz CT molecular complexity index is 2480. The van der Waals surface area contributed by atoms with E-state index >= 15 is 0 Å². The molecular weight excluding hydrogens is 569 g/mol. The summed E-state index contributed by atoms with van der Waals surface area (Å²) in [5, 5.41) is 4.68. The van der Waals surface area contributed by atoms with Crippen molar-refractivity contribution in [3.05, 3.63) is 158 Å². The van der Waals surface area contributed by atoms with Crippen LogP contribution in [-0.2, 0) is 0 Å². The zero-order chi connectivity index (χ0) is 29.7. The molecule has 0 unspecified atom stereocenters. The van der Waals surface area contributed by atoms with E-state index in [4.69, 9.17) is 9.40 Å². The molecule has 0 N–H and O–H groups in total. The molecule has 0 atom stereocenters. The van der Waals surface area contributed by atoms with E-state index in [1.165, 1.54) is 31.3 Å². The molecule has 0 saturated heterocycles. The van der Waals surface area contributed by atoms with E-state index in [1.54, 1.807) is 0 Å². The Morgan fingerprint density at radius 1 is 0.467 bits per heavy atom. The molecule has 0 aliphatic rings. The lowest BCUT2D eigenvalue weighted by molar-refractivity contribution is 0.623. The van der Waals surface area contributed by atoms with Gasteiger partial charge in [-0.1, -0.05) is 103 Å². The number of aromatic nitrogens is 1. The topological polar surface area (TPSA) is 29.3 Å². The lowest BCUT2D eigenvalue weighted by atomic mass is 10.0. The standard InChI is InChI=1S/C41H26N2OS/c1-3-11-27(12-4-1)28-19-21-30(22-20-28)43(31-23-24-39-35(25-31)33-16-9-10-18-38(33)45-39)37-26-36-40(34-17-8-7-15-32(34)37)44-41(42-36)29-13-5-2-6-14-29/h1-26H. The van der Waals surface area contributed by atoms with Crippen LogP contribution < -0.4 is 4.90 Å². The van der Waals surface area contributed by atoms with Crippen LogP contribution >= 0.6 is 11.3 Å². The molecule has 9 aromatic rings. The predicted octanol–water partition coefficient (Wildman–Crippen LogP) is 12.2. The summed E-state index contributed by atoms with van der Waals surface area (Å²) < 4.78 is 9.02. The van der Waals surface area contributed by atoms with E-state index in [-0.39, 0.29) is 0 Å². The first-order valence-electron chi connectivity index (χ1n) is 15.0. The van der Waals surface area contributed by atoms with Crippen LogP contribution in [0.4, 0.5) is 17.1 Å². The van der Waals surface area contributed by atoms with Crippen LogP contribution in [0.15, 0.2) is 162 Å². The maximum Gasteiger partial charge on any atom is 0.227 e. The Kier molecular flexibility index (Phi) is 6.00. The van der Waals surface area contributed by atoms with Crippen molar-refractivity contribution in [1.82, 2.24) is 4.98 Å². The maximum absolute atomic E-state index is 6.45. The molecule has 7 aromatic carbocycles. The van der Waals surface area contributed by atoms with Crippen LogP contribution in [0.5, 0.6) is 0 Å². The zero-order valence-corrected chi connectivity index (χ0v) is 25.0. The van der Waals surface area contributed by atoms with Crippen molar-refractivity contribution in [3.8, 4) is 22.6 Å². The molecule has 0 fully saturated rings. The first-order chi connectivity index (χ1) is 22.3. The Labute approximate surface area is 264 Å². The molecule has 0 aliphatic heterocycles. The maximum atomic E-state index is 6.45. The molecule has 0 saturated carbocycles. The third-order valence-corrected chi connectivity index (χ3v) is 9.64. The second-order valence-corrected chi connectivity index (χ2v) is 12.3. The van der Waals surface area contributed by atoms with Gasteiger partial charge >= 0.3 is 0 Å². The molecule has 3 nitrogen and oxygen atoms in total. The van der Waals surface area contributed by atoms with Crippen molar-refractivity contribution in [3.63, 3.8) is 0 Å². The molecule has 45 heavy (non-hydrogen) atoms. The molecule has 0 aliphatic carbocycles. The van der Waals surface area contributed by atoms with Crippen molar-refractivity contribution in [1.29, 1.82) is 0 Å². The largest absolute Gasteiger partial charge is 0.435 e. The van der Waals surface area contributed by atoms with Gasteiger partial charge in [-0.15, -0.1) is 11.3 Å². The highest BCUT2D eigenvalue weighted by Crippen LogP contribution is 2.45.